The van der Waals surface area contributed by atoms with Crippen molar-refractivity contribution in [3.63, 3.8) is 0 Å². The molecule has 0 radical (unpaired) electrons. The van der Waals surface area contributed by atoms with Gasteiger partial charge < -0.3 is 0 Å². The molecule has 0 saturated heterocycles. The second-order valence-electron chi connectivity index (χ2n) is 6.87. The number of aromatic nitrogens is 3. The molecule has 0 saturated carbocycles. The van der Waals surface area contributed by atoms with E-state index in [2.05, 4.69) is 36.7 Å². The summed E-state index contributed by atoms with van der Waals surface area (Å²) in [5.41, 5.74) is 6.19. The van der Waals surface area contributed by atoms with E-state index in [4.69, 9.17) is 0 Å². The Morgan fingerprint density at radius 1 is 0.969 bits per heavy atom. The van der Waals surface area contributed by atoms with Gasteiger partial charge in [0.2, 0.25) is 0 Å². The minimum absolute atomic E-state index is 0.162. The quantitative estimate of drug-likeness (QED) is 0.209. The first-order chi connectivity index (χ1) is 15.6. The van der Waals surface area contributed by atoms with E-state index in [0.717, 1.165) is 27.0 Å². The molecule has 4 rings (SSSR count). The summed E-state index contributed by atoms with van der Waals surface area (Å²) in [5, 5.41) is 13.6. The standard InChI is InChI=1S/C24H20BrN5OS/c1-17(18-8-4-2-5-9-18)26-27-22(31)16-32-24-29-28-23(19-10-6-3-7-11-19)30(24)21-14-12-20(25)13-15-21/h2-15H,16H2,1H3,(H,27,31)/b26-17-. The molecule has 0 fully saturated rings. The molecule has 160 valence electrons. The molecule has 6 nitrogen and oxygen atoms in total. The molecular weight excluding hydrogens is 486 g/mol. The number of amides is 1. The number of hydrogen-bond acceptors (Lipinski definition) is 5. The van der Waals surface area contributed by atoms with Gasteiger partial charge in [0.25, 0.3) is 5.91 Å². The second-order valence-corrected chi connectivity index (χ2v) is 8.73. The third-order valence-electron chi connectivity index (χ3n) is 4.62. The van der Waals surface area contributed by atoms with Crippen LogP contribution in [0.15, 0.2) is 99.7 Å². The number of benzene rings is 3. The van der Waals surface area contributed by atoms with Crippen molar-refractivity contribution < 1.29 is 4.79 Å². The topological polar surface area (TPSA) is 72.2 Å². The van der Waals surface area contributed by atoms with E-state index in [9.17, 15) is 4.79 Å². The molecule has 0 aliphatic carbocycles. The Morgan fingerprint density at radius 3 is 2.31 bits per heavy atom. The number of rotatable bonds is 7. The van der Waals surface area contributed by atoms with Crippen molar-refractivity contribution >= 4 is 39.3 Å². The minimum Gasteiger partial charge on any atom is -0.272 e. The first kappa shape index (κ1) is 22.0. The fraction of sp³-hybridized carbons (Fsp3) is 0.0833. The second kappa shape index (κ2) is 10.4. The number of halogens is 1. The Labute approximate surface area is 198 Å². The van der Waals surface area contributed by atoms with Gasteiger partial charge in [0.05, 0.1) is 11.5 Å². The predicted molar refractivity (Wildman–Crippen MR) is 132 cm³/mol. The van der Waals surface area contributed by atoms with Gasteiger partial charge in [-0.1, -0.05) is 88.4 Å². The van der Waals surface area contributed by atoms with Crippen molar-refractivity contribution in [2.75, 3.05) is 5.75 Å². The molecule has 4 aromatic rings. The zero-order valence-corrected chi connectivity index (χ0v) is 19.7. The monoisotopic (exact) mass is 505 g/mol. The highest BCUT2D eigenvalue weighted by Crippen LogP contribution is 2.28. The van der Waals surface area contributed by atoms with Crippen molar-refractivity contribution in [3.8, 4) is 17.1 Å². The highest BCUT2D eigenvalue weighted by molar-refractivity contribution is 9.10. The van der Waals surface area contributed by atoms with E-state index >= 15 is 0 Å². The minimum atomic E-state index is -0.211. The Hall–Kier alpha value is -3.23. The SMILES string of the molecule is C/C(=N/NC(=O)CSc1nnc(-c2ccccc2)n1-c1ccc(Br)cc1)c1ccccc1. The van der Waals surface area contributed by atoms with Gasteiger partial charge >= 0.3 is 0 Å². The van der Waals surface area contributed by atoms with Gasteiger partial charge in [-0.15, -0.1) is 10.2 Å². The Morgan fingerprint density at radius 2 is 1.62 bits per heavy atom. The van der Waals surface area contributed by atoms with E-state index in [0.29, 0.717) is 11.0 Å². The molecule has 32 heavy (non-hydrogen) atoms. The summed E-state index contributed by atoms with van der Waals surface area (Å²) in [4.78, 5) is 12.4. The van der Waals surface area contributed by atoms with E-state index in [-0.39, 0.29) is 11.7 Å². The molecule has 0 spiro atoms. The average Bonchev–Trinajstić information content (AvgIpc) is 3.27. The summed E-state index contributed by atoms with van der Waals surface area (Å²) in [6.45, 7) is 1.86. The molecular formula is C24H20BrN5OS. The fourth-order valence-electron chi connectivity index (χ4n) is 3.01. The number of hydrogen-bond donors (Lipinski definition) is 1. The fourth-order valence-corrected chi connectivity index (χ4v) is 4.02. The zero-order chi connectivity index (χ0) is 22.3. The van der Waals surface area contributed by atoms with Gasteiger partial charge in [-0.05, 0) is 36.8 Å². The summed E-state index contributed by atoms with van der Waals surface area (Å²) >= 11 is 4.79. The molecule has 0 atom stereocenters. The van der Waals surface area contributed by atoms with Crippen LogP contribution in [0.4, 0.5) is 0 Å². The normalized spacial score (nSPS) is 11.4. The van der Waals surface area contributed by atoms with Crippen molar-refractivity contribution in [2.24, 2.45) is 5.10 Å². The lowest BCUT2D eigenvalue weighted by Crippen LogP contribution is -2.21. The maximum absolute atomic E-state index is 12.4. The first-order valence-corrected chi connectivity index (χ1v) is 11.7. The van der Waals surface area contributed by atoms with Crippen LogP contribution in [0.5, 0.6) is 0 Å². The Kier molecular flexibility index (Phi) is 7.14. The van der Waals surface area contributed by atoms with Crippen LogP contribution in [0, 0.1) is 0 Å². The van der Waals surface area contributed by atoms with Crippen LogP contribution in [0.3, 0.4) is 0 Å². The van der Waals surface area contributed by atoms with E-state index in [1.807, 2.05) is 96.4 Å². The van der Waals surface area contributed by atoms with Crippen LogP contribution in [-0.4, -0.2) is 32.1 Å². The lowest BCUT2D eigenvalue weighted by Gasteiger charge is -2.10. The molecule has 1 aromatic heterocycles. The maximum Gasteiger partial charge on any atom is 0.250 e. The summed E-state index contributed by atoms with van der Waals surface area (Å²) in [6, 6.07) is 27.5. The van der Waals surface area contributed by atoms with Crippen LogP contribution in [0.2, 0.25) is 0 Å². The number of carbonyl (C=O) groups is 1. The van der Waals surface area contributed by atoms with Crippen molar-refractivity contribution in [2.45, 2.75) is 12.1 Å². The van der Waals surface area contributed by atoms with Crippen LogP contribution in [0.25, 0.3) is 17.1 Å². The molecule has 0 aliphatic rings. The lowest BCUT2D eigenvalue weighted by molar-refractivity contribution is -0.118. The number of hydrazone groups is 1. The predicted octanol–water partition coefficient (Wildman–Crippen LogP) is 5.33. The van der Waals surface area contributed by atoms with Crippen molar-refractivity contribution in [1.82, 2.24) is 20.2 Å². The largest absolute Gasteiger partial charge is 0.272 e. The van der Waals surface area contributed by atoms with Gasteiger partial charge in [-0.25, -0.2) is 5.43 Å². The molecule has 1 heterocycles. The molecule has 0 unspecified atom stereocenters. The number of nitrogens with zero attached hydrogens (tertiary/aromatic N) is 4. The van der Waals surface area contributed by atoms with E-state index < -0.39 is 0 Å². The number of carbonyl (C=O) groups excluding carboxylic acids is 1. The average molecular weight is 506 g/mol. The number of nitrogens with one attached hydrogen (secondary N) is 1. The number of thioether (sulfide) groups is 1. The van der Waals surface area contributed by atoms with E-state index in [1.165, 1.54) is 11.8 Å². The lowest BCUT2D eigenvalue weighted by atomic mass is 10.1. The summed E-state index contributed by atoms with van der Waals surface area (Å²) < 4.78 is 2.94. The Balaban J connectivity index is 1.53. The van der Waals surface area contributed by atoms with Gasteiger partial charge in [0.15, 0.2) is 11.0 Å². The summed E-state index contributed by atoms with van der Waals surface area (Å²) in [6.07, 6.45) is 0. The van der Waals surface area contributed by atoms with Crippen molar-refractivity contribution in [1.29, 1.82) is 0 Å². The molecule has 0 bridgehead atoms. The molecule has 3 aromatic carbocycles. The van der Waals surface area contributed by atoms with Gasteiger partial charge in [-0.3, -0.25) is 9.36 Å². The van der Waals surface area contributed by atoms with Crippen LogP contribution in [0.1, 0.15) is 12.5 Å². The third-order valence-corrected chi connectivity index (χ3v) is 6.08. The zero-order valence-electron chi connectivity index (χ0n) is 17.3. The summed E-state index contributed by atoms with van der Waals surface area (Å²) in [5.74, 6) is 0.667. The molecule has 8 heteroatoms. The molecule has 0 aliphatic heterocycles. The maximum atomic E-state index is 12.4. The van der Waals surface area contributed by atoms with Crippen molar-refractivity contribution in [3.05, 3.63) is 95.0 Å². The van der Waals surface area contributed by atoms with Gasteiger partial charge in [0.1, 0.15) is 0 Å². The Bertz CT molecular complexity index is 1220. The van der Waals surface area contributed by atoms with Crippen LogP contribution in [-0.2, 0) is 4.79 Å². The van der Waals surface area contributed by atoms with Crippen LogP contribution < -0.4 is 5.43 Å². The first-order valence-electron chi connectivity index (χ1n) is 9.90. The highest BCUT2D eigenvalue weighted by atomic mass is 79.9. The third kappa shape index (κ3) is 5.33. The van der Waals surface area contributed by atoms with Gasteiger partial charge in [0, 0.05) is 15.7 Å². The highest BCUT2D eigenvalue weighted by Gasteiger charge is 2.17. The molecule has 1 amide bonds. The summed E-state index contributed by atoms with van der Waals surface area (Å²) in [7, 11) is 0. The molecule has 1 N–H and O–H groups in total. The smallest absolute Gasteiger partial charge is 0.250 e. The van der Waals surface area contributed by atoms with E-state index in [1.54, 1.807) is 0 Å². The van der Waals surface area contributed by atoms with Crippen LogP contribution >= 0.6 is 27.7 Å². The van der Waals surface area contributed by atoms with Gasteiger partial charge in [-0.2, -0.15) is 5.10 Å².